The van der Waals surface area contributed by atoms with Crippen molar-refractivity contribution in [2.24, 2.45) is 0 Å². The molecule has 1 aromatic rings. The van der Waals surface area contributed by atoms with E-state index in [1.165, 1.54) is 0 Å². The van der Waals surface area contributed by atoms with E-state index in [4.69, 9.17) is 11.6 Å². The van der Waals surface area contributed by atoms with Gasteiger partial charge in [-0.2, -0.15) is 0 Å². The number of halogens is 1. The van der Waals surface area contributed by atoms with Crippen molar-refractivity contribution in [1.29, 1.82) is 0 Å². The summed E-state index contributed by atoms with van der Waals surface area (Å²) in [5, 5.41) is 3.71. The van der Waals surface area contributed by atoms with E-state index in [1.54, 1.807) is 6.20 Å². The van der Waals surface area contributed by atoms with E-state index in [2.05, 4.69) is 23.3 Å². The molecule has 2 nitrogen and oxygen atoms in total. The largest absolute Gasteiger partial charge is 0.313 e. The maximum atomic E-state index is 5.92. The average Bonchev–Trinajstić information content (AvgIpc) is 2.08. The van der Waals surface area contributed by atoms with Crippen LogP contribution < -0.4 is 5.32 Å². The van der Waals surface area contributed by atoms with E-state index in [1.807, 2.05) is 14.0 Å². The van der Waals surface area contributed by atoms with E-state index in [0.29, 0.717) is 5.15 Å². The van der Waals surface area contributed by atoms with Crippen LogP contribution in [-0.4, -0.2) is 12.0 Å². The van der Waals surface area contributed by atoms with Gasteiger partial charge >= 0.3 is 0 Å². The van der Waals surface area contributed by atoms with Crippen molar-refractivity contribution in [1.82, 2.24) is 10.3 Å². The van der Waals surface area contributed by atoms with Crippen molar-refractivity contribution in [3.8, 4) is 0 Å². The molecular weight excluding hydrogens is 172 g/mol. The summed E-state index contributed by atoms with van der Waals surface area (Å²) in [4.78, 5) is 4.07. The summed E-state index contributed by atoms with van der Waals surface area (Å²) < 4.78 is 0. The zero-order chi connectivity index (χ0) is 9.14. The van der Waals surface area contributed by atoms with Crippen LogP contribution in [0, 0.1) is 6.92 Å². The van der Waals surface area contributed by atoms with E-state index < -0.39 is 0 Å². The third-order valence-electron chi connectivity index (χ3n) is 1.90. The Morgan fingerprint density at radius 3 is 2.83 bits per heavy atom. The van der Waals surface area contributed by atoms with Crippen LogP contribution in [0.3, 0.4) is 0 Å². The fourth-order valence-electron chi connectivity index (χ4n) is 1.03. The highest BCUT2D eigenvalue weighted by Gasteiger charge is 2.07. The lowest BCUT2D eigenvalue weighted by Gasteiger charge is -2.11. The lowest BCUT2D eigenvalue weighted by molar-refractivity contribution is 0.649. The van der Waals surface area contributed by atoms with Crippen molar-refractivity contribution in [2.75, 3.05) is 7.05 Å². The van der Waals surface area contributed by atoms with Gasteiger partial charge in [0.1, 0.15) is 5.15 Å². The molecule has 3 heteroatoms. The number of hydrogen-bond acceptors (Lipinski definition) is 2. The fraction of sp³-hybridized carbons (Fsp3) is 0.444. The van der Waals surface area contributed by atoms with Gasteiger partial charge in [0.2, 0.25) is 0 Å². The molecule has 12 heavy (non-hydrogen) atoms. The molecular formula is C9H13ClN2. The minimum Gasteiger partial charge on any atom is -0.313 e. The lowest BCUT2D eigenvalue weighted by atomic mass is 10.1. The molecule has 0 unspecified atom stereocenters. The van der Waals surface area contributed by atoms with Crippen LogP contribution in [-0.2, 0) is 0 Å². The number of rotatable bonds is 2. The molecule has 0 bridgehead atoms. The van der Waals surface area contributed by atoms with Crippen LogP contribution >= 0.6 is 11.6 Å². The Bertz CT molecular complexity index is 273. The summed E-state index contributed by atoms with van der Waals surface area (Å²) in [5.74, 6) is 0. The highest BCUT2D eigenvalue weighted by Crippen LogP contribution is 2.20. The number of nitrogens with one attached hydrogen (secondary N) is 1. The van der Waals surface area contributed by atoms with Gasteiger partial charge in [-0.05, 0) is 32.5 Å². The summed E-state index contributed by atoms with van der Waals surface area (Å²) >= 11 is 5.92. The Kier molecular flexibility index (Phi) is 3.06. The molecule has 0 saturated carbocycles. The van der Waals surface area contributed by atoms with Crippen LogP contribution in [0.15, 0.2) is 12.3 Å². The first-order valence-corrected chi connectivity index (χ1v) is 4.32. The van der Waals surface area contributed by atoms with Crippen molar-refractivity contribution < 1.29 is 0 Å². The predicted octanol–water partition coefficient (Wildman–Crippen LogP) is 2.32. The molecule has 0 aliphatic heterocycles. The third kappa shape index (κ3) is 1.96. The summed E-state index contributed by atoms with van der Waals surface area (Å²) in [6.07, 6.45) is 1.77. The SMILES string of the molecule is CN[C@@H](C)c1cc(C)cnc1Cl. The van der Waals surface area contributed by atoms with E-state index >= 15 is 0 Å². The standard InChI is InChI=1S/C9H13ClN2/c1-6-4-8(7(2)11-3)9(10)12-5-6/h4-5,7,11H,1-3H3/t7-/m0/s1. The van der Waals surface area contributed by atoms with Crippen LogP contribution in [0.5, 0.6) is 0 Å². The first-order chi connectivity index (χ1) is 5.65. The number of nitrogens with zero attached hydrogens (tertiary/aromatic N) is 1. The van der Waals surface area contributed by atoms with Crippen LogP contribution in [0.2, 0.25) is 5.15 Å². The fourth-order valence-corrected chi connectivity index (χ4v) is 1.30. The van der Waals surface area contributed by atoms with E-state index in [0.717, 1.165) is 11.1 Å². The van der Waals surface area contributed by atoms with Gasteiger partial charge in [0, 0.05) is 17.8 Å². The molecule has 1 aromatic heterocycles. The topological polar surface area (TPSA) is 24.9 Å². The third-order valence-corrected chi connectivity index (χ3v) is 2.22. The van der Waals surface area contributed by atoms with Crippen molar-refractivity contribution >= 4 is 11.6 Å². The van der Waals surface area contributed by atoms with Crippen LogP contribution in [0.4, 0.5) is 0 Å². The van der Waals surface area contributed by atoms with Gasteiger partial charge in [0.25, 0.3) is 0 Å². The van der Waals surface area contributed by atoms with Crippen LogP contribution in [0.25, 0.3) is 0 Å². The predicted molar refractivity (Wildman–Crippen MR) is 51.5 cm³/mol. The van der Waals surface area contributed by atoms with E-state index in [9.17, 15) is 0 Å². The number of pyridine rings is 1. The highest BCUT2D eigenvalue weighted by atomic mass is 35.5. The Morgan fingerprint density at radius 1 is 1.58 bits per heavy atom. The molecule has 1 N–H and O–H groups in total. The summed E-state index contributed by atoms with van der Waals surface area (Å²) in [6, 6.07) is 2.31. The van der Waals surface area contributed by atoms with Crippen molar-refractivity contribution in [2.45, 2.75) is 19.9 Å². The minimum absolute atomic E-state index is 0.255. The molecule has 0 aromatic carbocycles. The second-order valence-electron chi connectivity index (χ2n) is 2.90. The van der Waals surface area contributed by atoms with Crippen LogP contribution in [0.1, 0.15) is 24.1 Å². The molecule has 0 aliphatic carbocycles. The van der Waals surface area contributed by atoms with Gasteiger partial charge in [0.05, 0.1) is 0 Å². The Balaban J connectivity index is 3.04. The van der Waals surface area contributed by atoms with E-state index in [-0.39, 0.29) is 6.04 Å². The monoisotopic (exact) mass is 184 g/mol. The van der Waals surface area contributed by atoms with Gasteiger partial charge in [0.15, 0.2) is 0 Å². The summed E-state index contributed by atoms with van der Waals surface area (Å²) in [5.41, 5.74) is 2.19. The van der Waals surface area contributed by atoms with Gasteiger partial charge in [-0.25, -0.2) is 4.98 Å². The molecule has 1 atom stereocenters. The number of aryl methyl sites for hydroxylation is 1. The zero-order valence-corrected chi connectivity index (χ0v) is 8.31. The maximum Gasteiger partial charge on any atom is 0.133 e. The molecule has 66 valence electrons. The number of hydrogen-bond donors (Lipinski definition) is 1. The van der Waals surface area contributed by atoms with Gasteiger partial charge in [-0.3, -0.25) is 0 Å². The molecule has 0 amide bonds. The summed E-state index contributed by atoms with van der Waals surface area (Å²) in [7, 11) is 1.91. The molecule has 0 spiro atoms. The Morgan fingerprint density at radius 2 is 2.25 bits per heavy atom. The molecule has 0 radical (unpaired) electrons. The first-order valence-electron chi connectivity index (χ1n) is 3.94. The molecule has 1 rings (SSSR count). The number of aromatic nitrogens is 1. The quantitative estimate of drug-likeness (QED) is 0.714. The van der Waals surface area contributed by atoms with Crippen molar-refractivity contribution in [3.05, 3.63) is 28.5 Å². The Labute approximate surface area is 78.0 Å². The molecule has 1 heterocycles. The smallest absolute Gasteiger partial charge is 0.133 e. The average molecular weight is 185 g/mol. The minimum atomic E-state index is 0.255. The Hall–Kier alpha value is -0.600. The van der Waals surface area contributed by atoms with Gasteiger partial charge in [-0.15, -0.1) is 0 Å². The van der Waals surface area contributed by atoms with Crippen molar-refractivity contribution in [3.63, 3.8) is 0 Å². The maximum absolute atomic E-state index is 5.92. The molecule has 0 saturated heterocycles. The zero-order valence-electron chi connectivity index (χ0n) is 7.56. The summed E-state index contributed by atoms with van der Waals surface area (Å²) in [6.45, 7) is 4.07. The normalized spacial score (nSPS) is 13.0. The highest BCUT2D eigenvalue weighted by molar-refractivity contribution is 6.30. The second-order valence-corrected chi connectivity index (χ2v) is 3.26. The van der Waals surface area contributed by atoms with Gasteiger partial charge in [-0.1, -0.05) is 11.6 Å². The first kappa shape index (κ1) is 9.49. The second kappa shape index (κ2) is 3.87. The molecule has 0 fully saturated rings. The van der Waals surface area contributed by atoms with Gasteiger partial charge < -0.3 is 5.32 Å². The lowest BCUT2D eigenvalue weighted by Crippen LogP contribution is -2.13. The molecule has 0 aliphatic rings.